The van der Waals surface area contributed by atoms with Gasteiger partial charge in [-0.15, -0.1) is 0 Å². The Morgan fingerprint density at radius 1 is 1.27 bits per heavy atom. The number of ether oxygens (including phenoxy) is 1. The molecule has 22 heavy (non-hydrogen) atoms. The van der Waals surface area contributed by atoms with Crippen LogP contribution in [-0.2, 0) is 11.4 Å². The topological polar surface area (TPSA) is 58.6 Å². The molecule has 0 unspecified atom stereocenters. The molecular weight excluding hydrogens is 302 g/mol. The van der Waals surface area contributed by atoms with Crippen LogP contribution in [0.3, 0.4) is 0 Å². The van der Waals surface area contributed by atoms with Crippen LogP contribution < -0.4 is 10.1 Å². The molecule has 5 heteroatoms. The van der Waals surface area contributed by atoms with E-state index in [1.807, 2.05) is 19.9 Å². The second kappa shape index (κ2) is 7.29. The highest BCUT2D eigenvalue weighted by molar-refractivity contribution is 6.34. The molecule has 0 saturated carbocycles. The lowest BCUT2D eigenvalue weighted by Gasteiger charge is -2.12. The Balaban J connectivity index is 1.99. The highest BCUT2D eigenvalue weighted by Gasteiger charge is 2.10. The van der Waals surface area contributed by atoms with E-state index in [2.05, 4.69) is 5.32 Å². The monoisotopic (exact) mass is 319 g/mol. The van der Waals surface area contributed by atoms with Crippen molar-refractivity contribution < 1.29 is 14.6 Å². The van der Waals surface area contributed by atoms with Gasteiger partial charge in [0.1, 0.15) is 5.75 Å². The van der Waals surface area contributed by atoms with Crippen molar-refractivity contribution in [3.8, 4) is 5.75 Å². The molecule has 0 aliphatic rings. The van der Waals surface area contributed by atoms with Gasteiger partial charge in [-0.05, 0) is 48.7 Å². The first-order chi connectivity index (χ1) is 10.5. The van der Waals surface area contributed by atoms with Gasteiger partial charge in [-0.2, -0.15) is 0 Å². The standard InChI is InChI=1S/C17H18ClNO3/c1-11-6-12(2)17(15(18)7-11)19-16(21)10-22-14-5-3-4-13(8-14)9-20/h3-8,20H,9-10H2,1-2H3,(H,19,21). The number of aryl methyl sites for hydroxylation is 2. The van der Waals surface area contributed by atoms with Crippen molar-refractivity contribution in [3.05, 3.63) is 58.1 Å². The molecule has 116 valence electrons. The van der Waals surface area contributed by atoms with E-state index >= 15 is 0 Å². The van der Waals surface area contributed by atoms with E-state index < -0.39 is 0 Å². The lowest BCUT2D eigenvalue weighted by Crippen LogP contribution is -2.21. The van der Waals surface area contributed by atoms with Crippen molar-refractivity contribution in [1.82, 2.24) is 0 Å². The van der Waals surface area contributed by atoms with Gasteiger partial charge < -0.3 is 15.2 Å². The Bertz CT molecular complexity index is 662. The number of nitrogens with one attached hydrogen (secondary N) is 1. The van der Waals surface area contributed by atoms with Crippen molar-refractivity contribution in [1.29, 1.82) is 0 Å². The van der Waals surface area contributed by atoms with E-state index in [9.17, 15) is 4.79 Å². The lowest BCUT2D eigenvalue weighted by molar-refractivity contribution is -0.118. The third-order valence-electron chi connectivity index (χ3n) is 3.15. The fourth-order valence-corrected chi connectivity index (χ4v) is 2.50. The fraction of sp³-hybridized carbons (Fsp3) is 0.235. The van der Waals surface area contributed by atoms with E-state index in [0.29, 0.717) is 16.5 Å². The maximum atomic E-state index is 12.0. The number of aliphatic hydroxyl groups is 1. The quantitative estimate of drug-likeness (QED) is 0.887. The Morgan fingerprint density at radius 2 is 2.05 bits per heavy atom. The molecule has 0 aliphatic carbocycles. The van der Waals surface area contributed by atoms with Crippen molar-refractivity contribution in [2.75, 3.05) is 11.9 Å². The highest BCUT2D eigenvalue weighted by Crippen LogP contribution is 2.27. The van der Waals surface area contributed by atoms with Crippen LogP contribution in [0.1, 0.15) is 16.7 Å². The van der Waals surface area contributed by atoms with Crippen molar-refractivity contribution >= 4 is 23.2 Å². The Morgan fingerprint density at radius 3 is 2.73 bits per heavy atom. The van der Waals surface area contributed by atoms with Crippen LogP contribution in [-0.4, -0.2) is 17.6 Å². The van der Waals surface area contributed by atoms with Gasteiger partial charge in [0, 0.05) is 0 Å². The molecule has 0 heterocycles. The number of hydrogen-bond donors (Lipinski definition) is 2. The van der Waals surface area contributed by atoms with E-state index in [-0.39, 0.29) is 19.1 Å². The molecule has 2 N–H and O–H groups in total. The van der Waals surface area contributed by atoms with Gasteiger partial charge >= 0.3 is 0 Å². The minimum Gasteiger partial charge on any atom is -0.484 e. The Hall–Kier alpha value is -2.04. The minimum absolute atomic E-state index is 0.0679. The van der Waals surface area contributed by atoms with Gasteiger partial charge in [0.25, 0.3) is 5.91 Å². The molecule has 0 spiro atoms. The predicted octanol–water partition coefficient (Wildman–Crippen LogP) is 3.47. The molecule has 0 fully saturated rings. The summed E-state index contributed by atoms with van der Waals surface area (Å²) in [5.41, 5.74) is 3.28. The predicted molar refractivity (Wildman–Crippen MR) is 87.4 cm³/mol. The van der Waals surface area contributed by atoms with E-state index in [1.54, 1.807) is 30.3 Å². The minimum atomic E-state index is -0.289. The molecule has 0 bridgehead atoms. The van der Waals surface area contributed by atoms with Crippen LogP contribution in [0.15, 0.2) is 36.4 Å². The van der Waals surface area contributed by atoms with Crippen LogP contribution in [0.25, 0.3) is 0 Å². The van der Waals surface area contributed by atoms with E-state index in [1.165, 1.54) is 0 Å². The molecule has 2 aromatic carbocycles. The second-order valence-corrected chi connectivity index (χ2v) is 5.49. The Labute approximate surface area is 134 Å². The molecule has 0 radical (unpaired) electrons. The molecule has 2 rings (SSSR count). The summed E-state index contributed by atoms with van der Waals surface area (Å²) in [4.78, 5) is 12.0. The SMILES string of the molecule is Cc1cc(C)c(NC(=O)COc2cccc(CO)c2)c(Cl)c1. The van der Waals surface area contributed by atoms with Gasteiger partial charge in [0.2, 0.25) is 0 Å². The van der Waals surface area contributed by atoms with Gasteiger partial charge in [0.15, 0.2) is 6.61 Å². The summed E-state index contributed by atoms with van der Waals surface area (Å²) in [5.74, 6) is 0.247. The van der Waals surface area contributed by atoms with Crippen molar-refractivity contribution in [3.63, 3.8) is 0 Å². The van der Waals surface area contributed by atoms with Gasteiger partial charge in [0.05, 0.1) is 17.3 Å². The third-order valence-corrected chi connectivity index (χ3v) is 3.45. The molecule has 0 aromatic heterocycles. The fourth-order valence-electron chi connectivity index (χ4n) is 2.13. The number of carbonyl (C=O) groups is 1. The van der Waals surface area contributed by atoms with Crippen LogP contribution in [0.2, 0.25) is 5.02 Å². The smallest absolute Gasteiger partial charge is 0.262 e. The third kappa shape index (κ3) is 4.23. The summed E-state index contributed by atoms with van der Waals surface area (Å²) in [5, 5.41) is 12.3. The molecule has 1 amide bonds. The van der Waals surface area contributed by atoms with E-state index in [4.69, 9.17) is 21.4 Å². The van der Waals surface area contributed by atoms with Crippen molar-refractivity contribution in [2.24, 2.45) is 0 Å². The zero-order valence-corrected chi connectivity index (χ0v) is 13.3. The number of hydrogen-bond acceptors (Lipinski definition) is 3. The molecular formula is C17H18ClNO3. The van der Waals surface area contributed by atoms with Gasteiger partial charge in [-0.25, -0.2) is 0 Å². The first-order valence-corrected chi connectivity index (χ1v) is 7.26. The zero-order valence-electron chi connectivity index (χ0n) is 12.5. The van der Waals surface area contributed by atoms with Gasteiger partial charge in [-0.3, -0.25) is 4.79 Å². The number of carbonyl (C=O) groups excluding carboxylic acids is 1. The first-order valence-electron chi connectivity index (χ1n) is 6.89. The first kappa shape index (κ1) is 16.3. The number of halogens is 1. The van der Waals surface area contributed by atoms with E-state index in [0.717, 1.165) is 16.7 Å². The maximum Gasteiger partial charge on any atom is 0.262 e. The number of amides is 1. The largest absolute Gasteiger partial charge is 0.484 e. The molecule has 0 atom stereocenters. The number of anilines is 1. The second-order valence-electron chi connectivity index (χ2n) is 5.08. The van der Waals surface area contributed by atoms with Crippen molar-refractivity contribution in [2.45, 2.75) is 20.5 Å². The van der Waals surface area contributed by atoms with Crippen LogP contribution >= 0.6 is 11.6 Å². The number of aliphatic hydroxyl groups excluding tert-OH is 1. The summed E-state index contributed by atoms with van der Waals surface area (Å²) >= 11 is 6.15. The lowest BCUT2D eigenvalue weighted by atomic mass is 10.1. The maximum absolute atomic E-state index is 12.0. The summed E-state index contributed by atoms with van der Waals surface area (Å²) < 4.78 is 5.42. The molecule has 2 aromatic rings. The van der Waals surface area contributed by atoms with Crippen LogP contribution in [0, 0.1) is 13.8 Å². The highest BCUT2D eigenvalue weighted by atomic mass is 35.5. The normalized spacial score (nSPS) is 10.4. The van der Waals surface area contributed by atoms with Crippen LogP contribution in [0.4, 0.5) is 5.69 Å². The van der Waals surface area contributed by atoms with Crippen LogP contribution in [0.5, 0.6) is 5.75 Å². The molecule has 0 saturated heterocycles. The van der Waals surface area contributed by atoms with Gasteiger partial charge in [-0.1, -0.05) is 29.8 Å². The summed E-state index contributed by atoms with van der Waals surface area (Å²) in [6.45, 7) is 3.64. The average molecular weight is 320 g/mol. The summed E-state index contributed by atoms with van der Waals surface area (Å²) in [7, 11) is 0. The number of rotatable bonds is 5. The molecule has 4 nitrogen and oxygen atoms in total. The average Bonchev–Trinajstić information content (AvgIpc) is 2.49. The Kier molecular flexibility index (Phi) is 5.41. The summed E-state index contributed by atoms with van der Waals surface area (Å²) in [6, 6.07) is 10.7. The zero-order chi connectivity index (χ0) is 16.1. The number of benzene rings is 2. The molecule has 0 aliphatic heterocycles. The summed E-state index contributed by atoms with van der Waals surface area (Å²) in [6.07, 6.45) is 0.